The minimum atomic E-state index is -0.494. The van der Waals surface area contributed by atoms with Crippen molar-refractivity contribution in [3.63, 3.8) is 0 Å². The van der Waals surface area contributed by atoms with Crippen LogP contribution in [0.25, 0.3) is 0 Å². The van der Waals surface area contributed by atoms with Crippen molar-refractivity contribution in [2.45, 2.75) is 19.0 Å². The summed E-state index contributed by atoms with van der Waals surface area (Å²) in [5.41, 5.74) is 4.89. The Bertz CT molecular complexity index is 1460. The molecule has 35 heavy (non-hydrogen) atoms. The van der Waals surface area contributed by atoms with Gasteiger partial charge < -0.3 is 15.1 Å². The predicted octanol–water partition coefficient (Wildman–Crippen LogP) is 5.55. The molecule has 4 aromatic rings. The van der Waals surface area contributed by atoms with Gasteiger partial charge in [-0.25, -0.2) is 0 Å². The van der Waals surface area contributed by atoms with Gasteiger partial charge in [-0.15, -0.1) is 0 Å². The Balaban J connectivity index is 1.44. The van der Waals surface area contributed by atoms with E-state index >= 15 is 0 Å². The van der Waals surface area contributed by atoms with Gasteiger partial charge in [-0.2, -0.15) is 0 Å². The molecule has 0 bridgehead atoms. The molecule has 1 aliphatic heterocycles. The molecule has 0 saturated heterocycles. The number of hydrogen-bond donors (Lipinski definition) is 1. The number of hydrogen-bond acceptors (Lipinski definition) is 5. The van der Waals surface area contributed by atoms with Gasteiger partial charge in [0, 0.05) is 48.3 Å². The van der Waals surface area contributed by atoms with Crippen molar-refractivity contribution in [1.82, 2.24) is 4.90 Å². The number of nitrogens with one attached hydrogen (secondary N) is 1. The Labute approximate surface area is 214 Å². The second-order valence-corrected chi connectivity index (χ2v) is 10.0. The van der Waals surface area contributed by atoms with Crippen LogP contribution in [-0.4, -0.2) is 25.5 Å². The summed E-state index contributed by atoms with van der Waals surface area (Å²) in [7, 11) is 3.90. The zero-order chi connectivity index (χ0) is 24.7. The fourth-order valence-electron chi connectivity index (χ4n) is 4.90. The molecule has 0 unspecified atom stereocenters. The largest absolute Gasteiger partial charge is 0.365 e. The lowest BCUT2D eigenvalue weighted by Crippen LogP contribution is -2.40. The molecule has 0 fully saturated rings. The first-order chi connectivity index (χ1) is 16.8. The van der Waals surface area contributed by atoms with Crippen molar-refractivity contribution >= 4 is 40.3 Å². The lowest BCUT2D eigenvalue weighted by Gasteiger charge is -2.33. The van der Waals surface area contributed by atoms with Gasteiger partial charge in [-0.05, 0) is 53.6 Å². The second-order valence-electron chi connectivity index (χ2n) is 9.18. The van der Waals surface area contributed by atoms with Gasteiger partial charge in [-0.3, -0.25) is 9.59 Å². The molecule has 0 aliphatic carbocycles. The highest BCUT2D eigenvalue weighted by atomic mass is 35.5. The maximum absolute atomic E-state index is 12.5. The zero-order valence-corrected chi connectivity index (χ0v) is 21.0. The molecule has 1 atom stereocenters. The first kappa shape index (κ1) is 23.6. The van der Waals surface area contributed by atoms with Gasteiger partial charge >= 0.3 is 0 Å². The number of nitrogens with zero attached hydrogens (tertiary/aromatic N) is 2. The molecule has 178 valence electrons. The van der Waals surface area contributed by atoms with Gasteiger partial charge in [0.1, 0.15) is 11.4 Å². The topological polar surface area (TPSA) is 52.6 Å². The molecule has 1 N–H and O–H groups in total. The van der Waals surface area contributed by atoms with Crippen molar-refractivity contribution in [3.8, 4) is 0 Å². The average molecular weight is 506 g/mol. The fraction of sp³-hybridized carbons (Fsp3) is 0.214. The van der Waals surface area contributed by atoms with E-state index in [1.54, 1.807) is 6.07 Å². The third-order valence-electron chi connectivity index (χ3n) is 6.58. The summed E-state index contributed by atoms with van der Waals surface area (Å²) in [5, 5.41) is 4.51. The Hall–Kier alpha value is -3.12. The summed E-state index contributed by atoms with van der Waals surface area (Å²) in [6.07, 6.45) is 0. The SMILES string of the molecule is CN1Cc2c(Cl)cc(Cl)cc2[C@H](c2cccc(Nc3c(N(C)Cc4ccccc4)c(=O)c3=O)c2)C1. The quantitative estimate of drug-likeness (QED) is 0.348. The van der Waals surface area contributed by atoms with Crippen LogP contribution in [-0.2, 0) is 13.1 Å². The van der Waals surface area contributed by atoms with Gasteiger partial charge in [0.2, 0.25) is 0 Å². The molecular weight excluding hydrogens is 481 g/mol. The van der Waals surface area contributed by atoms with E-state index in [1.807, 2.05) is 66.5 Å². The smallest absolute Gasteiger partial charge is 0.253 e. The van der Waals surface area contributed by atoms with E-state index in [0.717, 1.165) is 41.0 Å². The Kier molecular flexibility index (Phi) is 6.41. The normalized spacial score (nSPS) is 15.7. The molecule has 4 aromatic carbocycles. The van der Waals surface area contributed by atoms with Crippen molar-refractivity contribution < 1.29 is 0 Å². The highest BCUT2D eigenvalue weighted by molar-refractivity contribution is 6.35. The highest BCUT2D eigenvalue weighted by Crippen LogP contribution is 2.39. The van der Waals surface area contributed by atoms with E-state index in [2.05, 4.69) is 23.3 Å². The first-order valence-electron chi connectivity index (χ1n) is 11.4. The third-order valence-corrected chi connectivity index (χ3v) is 7.14. The van der Waals surface area contributed by atoms with Crippen molar-refractivity contribution in [3.05, 3.63) is 119 Å². The monoisotopic (exact) mass is 505 g/mol. The molecule has 5 rings (SSSR count). The van der Waals surface area contributed by atoms with Crippen LogP contribution in [0, 0.1) is 0 Å². The van der Waals surface area contributed by atoms with Gasteiger partial charge in [-0.1, -0.05) is 65.7 Å². The van der Waals surface area contributed by atoms with Crippen molar-refractivity contribution in [2.75, 3.05) is 30.9 Å². The second kappa shape index (κ2) is 9.50. The van der Waals surface area contributed by atoms with Gasteiger partial charge in [0.05, 0.1) is 0 Å². The van der Waals surface area contributed by atoms with E-state index in [9.17, 15) is 9.59 Å². The molecule has 0 saturated carbocycles. The lowest BCUT2D eigenvalue weighted by atomic mass is 9.84. The van der Waals surface area contributed by atoms with E-state index in [-0.39, 0.29) is 5.92 Å². The van der Waals surface area contributed by atoms with Gasteiger partial charge in [0.15, 0.2) is 0 Å². The van der Waals surface area contributed by atoms with E-state index in [4.69, 9.17) is 23.2 Å². The van der Waals surface area contributed by atoms with Crippen molar-refractivity contribution in [1.29, 1.82) is 0 Å². The number of rotatable bonds is 6. The number of benzene rings is 3. The summed E-state index contributed by atoms with van der Waals surface area (Å²) in [5.74, 6) is 0.0784. The summed E-state index contributed by atoms with van der Waals surface area (Å²) in [4.78, 5) is 29.0. The molecule has 7 heteroatoms. The van der Waals surface area contributed by atoms with Crippen molar-refractivity contribution in [2.24, 2.45) is 0 Å². The molecule has 0 aromatic heterocycles. The molecular formula is C28H25Cl2N3O2. The minimum Gasteiger partial charge on any atom is -0.365 e. The lowest BCUT2D eigenvalue weighted by molar-refractivity contribution is 0.295. The number of halogens is 2. The number of likely N-dealkylation sites (N-methyl/N-ethyl adjacent to an activating group) is 1. The standard InChI is InChI=1S/C28H25Cl2N3O2/c1-32-15-22(21-12-19(29)13-24(30)23(21)16-32)18-9-6-10-20(11-18)31-25-26(28(35)27(25)34)33(2)14-17-7-4-3-5-8-17/h3-13,22,31H,14-16H2,1-2H3/t22-/m0/s1. The van der Waals surface area contributed by atoms with Crippen LogP contribution in [0.5, 0.6) is 0 Å². The average Bonchev–Trinajstić information content (AvgIpc) is 2.84. The summed E-state index contributed by atoms with van der Waals surface area (Å²) in [6.45, 7) is 2.12. The summed E-state index contributed by atoms with van der Waals surface area (Å²) >= 11 is 12.9. The number of fused-ring (bicyclic) bond motifs is 1. The number of anilines is 3. The summed E-state index contributed by atoms with van der Waals surface area (Å²) < 4.78 is 0. The first-order valence-corrected chi connectivity index (χ1v) is 12.2. The maximum atomic E-state index is 12.5. The molecule has 0 spiro atoms. The van der Waals surface area contributed by atoms with Crippen LogP contribution in [0.15, 0.2) is 76.3 Å². The molecule has 1 heterocycles. The maximum Gasteiger partial charge on any atom is 0.253 e. The van der Waals surface area contributed by atoms with Crippen LogP contribution >= 0.6 is 23.2 Å². The Morgan fingerprint density at radius 2 is 1.77 bits per heavy atom. The minimum absolute atomic E-state index is 0.0784. The van der Waals surface area contributed by atoms with Crippen LogP contribution in [0.3, 0.4) is 0 Å². The van der Waals surface area contributed by atoms with E-state index in [1.165, 1.54) is 0 Å². The molecule has 0 radical (unpaired) electrons. The van der Waals surface area contributed by atoms with Crippen LogP contribution < -0.4 is 21.1 Å². The van der Waals surface area contributed by atoms with Crippen LogP contribution in [0.1, 0.15) is 28.2 Å². The Morgan fingerprint density at radius 1 is 1.00 bits per heavy atom. The molecule has 5 nitrogen and oxygen atoms in total. The third kappa shape index (κ3) is 4.59. The zero-order valence-electron chi connectivity index (χ0n) is 19.5. The molecule has 0 amide bonds. The van der Waals surface area contributed by atoms with E-state index < -0.39 is 10.9 Å². The summed E-state index contributed by atoms with van der Waals surface area (Å²) in [6, 6.07) is 21.6. The predicted molar refractivity (Wildman–Crippen MR) is 144 cm³/mol. The fourth-order valence-corrected chi connectivity index (χ4v) is 5.47. The van der Waals surface area contributed by atoms with E-state index in [0.29, 0.717) is 28.0 Å². The van der Waals surface area contributed by atoms with Gasteiger partial charge in [0.25, 0.3) is 10.9 Å². The van der Waals surface area contributed by atoms with Crippen LogP contribution in [0.2, 0.25) is 10.0 Å². The molecule has 1 aliphatic rings. The highest BCUT2D eigenvalue weighted by Gasteiger charge is 2.28. The Morgan fingerprint density at radius 3 is 2.54 bits per heavy atom. The van der Waals surface area contributed by atoms with Crippen LogP contribution in [0.4, 0.5) is 17.1 Å².